The van der Waals surface area contributed by atoms with Gasteiger partial charge in [0.25, 0.3) is 0 Å². The first-order valence-corrected chi connectivity index (χ1v) is 2.64. The molecule has 0 bridgehead atoms. The number of rotatable bonds is 2. The van der Waals surface area contributed by atoms with Gasteiger partial charge in [-0.05, 0) is 25.6 Å². The number of nitrogens with two attached hydrogens (primary N) is 1. The Morgan fingerprint density at radius 3 is 2.44 bits per heavy atom. The normalized spacial score (nSPS) is 13.6. The van der Waals surface area contributed by atoms with Gasteiger partial charge in [-0.25, -0.2) is 4.99 Å². The molecule has 0 aromatic carbocycles. The zero-order valence-corrected chi connectivity index (χ0v) is 5.68. The molecule has 0 rings (SSSR count). The van der Waals surface area contributed by atoms with Crippen molar-refractivity contribution in [1.82, 2.24) is 0 Å². The molecule has 0 fully saturated rings. The number of allylic oxidation sites excluding steroid dienone is 1. The van der Waals surface area contributed by atoms with Crippen LogP contribution in [0.1, 0.15) is 13.8 Å². The summed E-state index contributed by atoms with van der Waals surface area (Å²) < 4.78 is 0. The van der Waals surface area contributed by atoms with Crippen LogP contribution in [0, 0.1) is 5.41 Å². The van der Waals surface area contributed by atoms with Gasteiger partial charge in [-0.3, -0.25) is 5.41 Å². The van der Waals surface area contributed by atoms with E-state index in [9.17, 15) is 0 Å². The number of hydrogen-bond acceptors (Lipinski definition) is 2. The fourth-order valence-corrected chi connectivity index (χ4v) is 0.319. The summed E-state index contributed by atoms with van der Waals surface area (Å²) in [6.07, 6.45) is 2.48. The van der Waals surface area contributed by atoms with Crippen LogP contribution in [0.3, 0.4) is 0 Å². The van der Waals surface area contributed by atoms with E-state index in [1.807, 2.05) is 13.8 Å². The Morgan fingerprint density at radius 1 is 1.56 bits per heavy atom. The molecule has 0 amide bonds. The Labute approximate surface area is 54.8 Å². The summed E-state index contributed by atoms with van der Waals surface area (Å²) in [6, 6.07) is 0. The minimum absolute atomic E-state index is 0.785. The van der Waals surface area contributed by atoms with Crippen molar-refractivity contribution < 1.29 is 0 Å². The second-order valence-corrected chi connectivity index (χ2v) is 1.69. The average molecular weight is 125 g/mol. The predicted octanol–water partition coefficient (Wildman–Crippen LogP) is 0.917. The highest BCUT2D eigenvalue weighted by atomic mass is 14.8. The quantitative estimate of drug-likeness (QED) is 0.418. The van der Waals surface area contributed by atoms with Crippen LogP contribution >= 0.6 is 0 Å². The fraction of sp³-hybridized carbons (Fsp3) is 0.333. The molecule has 3 nitrogen and oxygen atoms in total. The van der Waals surface area contributed by atoms with E-state index < -0.39 is 0 Å². The van der Waals surface area contributed by atoms with Crippen molar-refractivity contribution in [1.29, 1.82) is 5.41 Å². The molecule has 9 heavy (non-hydrogen) atoms. The van der Waals surface area contributed by atoms with Gasteiger partial charge in [-0.15, -0.1) is 0 Å². The molecule has 0 atom stereocenters. The highest BCUT2D eigenvalue weighted by Crippen LogP contribution is 1.91. The maximum Gasteiger partial charge on any atom is 0.107 e. The van der Waals surface area contributed by atoms with Gasteiger partial charge in [-0.1, -0.05) is 0 Å². The van der Waals surface area contributed by atoms with Crippen LogP contribution in [0.25, 0.3) is 0 Å². The Bertz CT molecular complexity index is 156. The minimum atomic E-state index is 0.785. The molecular weight excluding hydrogens is 114 g/mol. The lowest BCUT2D eigenvalue weighted by atomic mass is 10.2. The molecule has 0 spiro atoms. The second-order valence-electron chi connectivity index (χ2n) is 1.69. The molecule has 0 saturated heterocycles. The highest BCUT2D eigenvalue weighted by Gasteiger charge is 1.88. The van der Waals surface area contributed by atoms with E-state index in [2.05, 4.69) is 4.99 Å². The summed E-state index contributed by atoms with van der Waals surface area (Å²) in [7, 11) is 0. The lowest BCUT2D eigenvalue weighted by Gasteiger charge is -1.93. The molecule has 50 valence electrons. The van der Waals surface area contributed by atoms with E-state index in [4.69, 9.17) is 11.1 Å². The van der Waals surface area contributed by atoms with E-state index in [0.29, 0.717) is 0 Å². The predicted molar refractivity (Wildman–Crippen MR) is 39.8 cm³/mol. The smallest absolute Gasteiger partial charge is 0.107 e. The van der Waals surface area contributed by atoms with Gasteiger partial charge in [-0.2, -0.15) is 0 Å². The molecule has 0 saturated carbocycles. The summed E-state index contributed by atoms with van der Waals surface area (Å²) >= 11 is 0. The summed E-state index contributed by atoms with van der Waals surface area (Å²) in [5.41, 5.74) is 6.87. The van der Waals surface area contributed by atoms with Crippen LogP contribution < -0.4 is 5.73 Å². The molecule has 0 heterocycles. The van der Waals surface area contributed by atoms with Crippen molar-refractivity contribution in [2.75, 3.05) is 0 Å². The van der Waals surface area contributed by atoms with Gasteiger partial charge >= 0.3 is 0 Å². The molecule has 0 aliphatic rings. The minimum Gasteiger partial charge on any atom is -0.404 e. The first-order chi connectivity index (χ1) is 4.22. The molecule has 0 unspecified atom stereocenters. The zero-order valence-electron chi connectivity index (χ0n) is 5.68. The first kappa shape index (κ1) is 7.88. The summed E-state index contributed by atoms with van der Waals surface area (Å²) in [5.74, 6) is 0. The van der Waals surface area contributed by atoms with E-state index in [1.165, 1.54) is 6.20 Å². The number of nitrogens with zero attached hydrogens (tertiary/aromatic N) is 1. The van der Waals surface area contributed by atoms with Crippen molar-refractivity contribution in [3.8, 4) is 0 Å². The van der Waals surface area contributed by atoms with Gasteiger partial charge in [0.05, 0.1) is 0 Å². The lowest BCUT2D eigenvalue weighted by Crippen LogP contribution is -1.96. The molecular formula is C6H11N3. The Hall–Kier alpha value is -1.12. The first-order valence-electron chi connectivity index (χ1n) is 2.64. The van der Waals surface area contributed by atoms with Crippen LogP contribution in [-0.2, 0) is 0 Å². The third-order valence-electron chi connectivity index (χ3n) is 1.08. The summed E-state index contributed by atoms with van der Waals surface area (Å²) in [4.78, 5) is 3.71. The van der Waals surface area contributed by atoms with Gasteiger partial charge in [0.15, 0.2) is 0 Å². The third-order valence-corrected chi connectivity index (χ3v) is 1.08. The fourth-order valence-electron chi connectivity index (χ4n) is 0.319. The molecule has 0 aromatic heterocycles. The van der Waals surface area contributed by atoms with Crippen LogP contribution in [0.4, 0.5) is 0 Å². The zero-order chi connectivity index (χ0) is 7.28. The van der Waals surface area contributed by atoms with Crippen LogP contribution in [0.2, 0.25) is 0 Å². The second kappa shape index (κ2) is 3.83. The van der Waals surface area contributed by atoms with Crippen LogP contribution in [-0.4, -0.2) is 12.1 Å². The summed E-state index contributed by atoms with van der Waals surface area (Å²) in [6.45, 7) is 3.66. The largest absolute Gasteiger partial charge is 0.404 e. The van der Waals surface area contributed by atoms with Crippen LogP contribution in [0.5, 0.6) is 0 Å². The molecule has 3 N–H and O–H groups in total. The van der Waals surface area contributed by atoms with Crippen molar-refractivity contribution in [2.24, 2.45) is 10.7 Å². The average Bonchev–Trinajstić information content (AvgIpc) is 1.87. The third kappa shape index (κ3) is 2.64. The van der Waals surface area contributed by atoms with Gasteiger partial charge in [0, 0.05) is 5.71 Å². The van der Waals surface area contributed by atoms with E-state index >= 15 is 0 Å². The maximum atomic E-state index is 6.62. The van der Waals surface area contributed by atoms with Gasteiger partial charge < -0.3 is 5.73 Å². The van der Waals surface area contributed by atoms with Gasteiger partial charge in [0.1, 0.15) is 6.34 Å². The topological polar surface area (TPSA) is 62.2 Å². The van der Waals surface area contributed by atoms with Gasteiger partial charge in [0.2, 0.25) is 0 Å². The van der Waals surface area contributed by atoms with Crippen molar-refractivity contribution in [3.05, 3.63) is 11.8 Å². The molecule has 0 aromatic rings. The highest BCUT2D eigenvalue weighted by molar-refractivity contribution is 6.01. The Kier molecular flexibility index (Phi) is 3.35. The van der Waals surface area contributed by atoms with E-state index in [0.717, 1.165) is 17.6 Å². The standard InChI is InChI=1S/C6H11N3/c1-5(3-7)6(2)9-4-8/h3-4,8H,7H2,1-2H3/b5-3+,8-4?,9-6?. The van der Waals surface area contributed by atoms with E-state index in [1.54, 1.807) is 0 Å². The van der Waals surface area contributed by atoms with Crippen molar-refractivity contribution in [3.63, 3.8) is 0 Å². The maximum absolute atomic E-state index is 6.62. The molecule has 0 radical (unpaired) electrons. The van der Waals surface area contributed by atoms with Crippen molar-refractivity contribution >= 4 is 12.1 Å². The SMILES string of the molecule is CC(=NC=N)/C(C)=C/N. The Balaban J connectivity index is 4.19. The number of aliphatic imine (C=N–C) groups is 1. The van der Waals surface area contributed by atoms with E-state index in [-0.39, 0.29) is 0 Å². The summed E-state index contributed by atoms with van der Waals surface area (Å²) in [5, 5.41) is 6.62. The number of hydrogen-bond donors (Lipinski definition) is 2. The Morgan fingerprint density at radius 2 is 2.11 bits per heavy atom. The molecule has 0 aliphatic heterocycles. The molecule has 3 heteroatoms. The van der Waals surface area contributed by atoms with Crippen LogP contribution in [0.15, 0.2) is 16.8 Å². The molecule has 0 aliphatic carbocycles. The lowest BCUT2D eigenvalue weighted by molar-refractivity contribution is 1.43. The monoisotopic (exact) mass is 125 g/mol. The number of nitrogens with one attached hydrogen (secondary N) is 1. The van der Waals surface area contributed by atoms with Crippen molar-refractivity contribution in [2.45, 2.75) is 13.8 Å².